The average Bonchev–Trinajstić information content (AvgIpc) is 2.02. The maximum Gasteiger partial charge on any atom is 0.234 e. The second kappa shape index (κ2) is 4.47. The summed E-state index contributed by atoms with van der Waals surface area (Å²) >= 11 is 28.4. The SMILES string of the molecule is NNc1c(Cl)cnc(C(Cl)(Cl)Cl)c1Cl. The lowest BCUT2D eigenvalue weighted by atomic mass is 10.3. The van der Waals surface area contributed by atoms with Crippen LogP contribution in [0.1, 0.15) is 5.69 Å². The number of anilines is 1. The van der Waals surface area contributed by atoms with Gasteiger partial charge < -0.3 is 5.43 Å². The van der Waals surface area contributed by atoms with Crippen molar-refractivity contribution >= 4 is 63.7 Å². The van der Waals surface area contributed by atoms with Gasteiger partial charge in [-0.1, -0.05) is 58.0 Å². The molecule has 0 atom stereocenters. The third kappa shape index (κ3) is 2.48. The van der Waals surface area contributed by atoms with Gasteiger partial charge in [-0.3, -0.25) is 10.8 Å². The van der Waals surface area contributed by atoms with Crippen molar-refractivity contribution in [2.75, 3.05) is 5.43 Å². The highest BCUT2D eigenvalue weighted by Crippen LogP contribution is 2.44. The number of hydrogen-bond acceptors (Lipinski definition) is 3. The summed E-state index contributed by atoms with van der Waals surface area (Å²) in [5.74, 6) is 5.19. The van der Waals surface area contributed by atoms with E-state index in [4.69, 9.17) is 63.8 Å². The molecule has 0 unspecified atom stereocenters. The zero-order valence-corrected chi connectivity index (χ0v) is 10.3. The number of nitrogens with zero attached hydrogens (tertiary/aromatic N) is 1. The van der Waals surface area contributed by atoms with E-state index in [1.54, 1.807) is 0 Å². The Kier molecular flexibility index (Phi) is 3.97. The summed E-state index contributed by atoms with van der Waals surface area (Å²) in [5, 5.41) is 0.329. The summed E-state index contributed by atoms with van der Waals surface area (Å²) in [4.78, 5) is 3.80. The Morgan fingerprint density at radius 1 is 1.29 bits per heavy atom. The van der Waals surface area contributed by atoms with Gasteiger partial charge in [-0.15, -0.1) is 0 Å². The Morgan fingerprint density at radius 3 is 2.29 bits per heavy atom. The van der Waals surface area contributed by atoms with Crippen molar-refractivity contribution < 1.29 is 0 Å². The van der Waals surface area contributed by atoms with Gasteiger partial charge in [0.2, 0.25) is 3.79 Å². The minimum atomic E-state index is -1.72. The van der Waals surface area contributed by atoms with Crippen LogP contribution in [0.15, 0.2) is 6.20 Å². The molecule has 14 heavy (non-hydrogen) atoms. The molecule has 1 heterocycles. The van der Waals surface area contributed by atoms with Crippen LogP contribution in [-0.2, 0) is 3.79 Å². The fraction of sp³-hybridized carbons (Fsp3) is 0.167. The van der Waals surface area contributed by atoms with E-state index < -0.39 is 3.79 Å². The van der Waals surface area contributed by atoms with Gasteiger partial charge in [-0.2, -0.15) is 0 Å². The molecule has 8 heteroatoms. The first-order chi connectivity index (χ1) is 6.38. The number of halogens is 5. The number of hydrogen-bond donors (Lipinski definition) is 2. The molecule has 0 fully saturated rings. The quantitative estimate of drug-likeness (QED) is 0.473. The fourth-order valence-corrected chi connectivity index (χ4v) is 1.96. The Hall–Kier alpha value is 0.360. The van der Waals surface area contributed by atoms with Crippen molar-refractivity contribution in [1.29, 1.82) is 0 Å². The summed E-state index contributed by atoms with van der Waals surface area (Å²) in [6.45, 7) is 0. The summed E-state index contributed by atoms with van der Waals surface area (Å²) in [6, 6.07) is 0. The van der Waals surface area contributed by atoms with Gasteiger partial charge in [0.25, 0.3) is 0 Å². The number of rotatable bonds is 1. The van der Waals surface area contributed by atoms with Crippen LogP contribution in [0.25, 0.3) is 0 Å². The molecular formula is C6H4Cl5N3. The molecule has 0 saturated heterocycles. The van der Waals surface area contributed by atoms with Gasteiger partial charge in [0, 0.05) is 6.20 Å². The third-order valence-electron chi connectivity index (χ3n) is 1.39. The first-order valence-electron chi connectivity index (χ1n) is 3.25. The molecule has 0 aliphatic rings. The number of nitrogens with two attached hydrogens (primary N) is 1. The summed E-state index contributed by atoms with van der Waals surface area (Å²) in [5.41, 5.74) is 2.64. The number of hydrazine groups is 1. The van der Waals surface area contributed by atoms with Crippen LogP contribution < -0.4 is 11.3 Å². The fourth-order valence-electron chi connectivity index (χ4n) is 0.796. The van der Waals surface area contributed by atoms with Gasteiger partial charge in [-0.25, -0.2) is 0 Å². The zero-order chi connectivity index (χ0) is 10.9. The van der Waals surface area contributed by atoms with E-state index in [1.165, 1.54) is 6.20 Å². The number of aromatic nitrogens is 1. The number of pyridine rings is 1. The number of nitrogen functional groups attached to an aromatic ring is 1. The Bertz CT molecular complexity index is 348. The molecule has 1 aromatic rings. The van der Waals surface area contributed by atoms with E-state index in [0.717, 1.165) is 0 Å². The van der Waals surface area contributed by atoms with Gasteiger partial charge in [0.1, 0.15) is 5.69 Å². The Labute approximate surface area is 105 Å². The number of nitrogens with one attached hydrogen (secondary N) is 1. The predicted octanol–water partition coefficient (Wildman–Crippen LogP) is 3.50. The van der Waals surface area contributed by atoms with Gasteiger partial charge >= 0.3 is 0 Å². The van der Waals surface area contributed by atoms with Crippen molar-refractivity contribution in [3.63, 3.8) is 0 Å². The maximum atomic E-state index is 5.86. The lowest BCUT2D eigenvalue weighted by Gasteiger charge is -2.15. The summed E-state index contributed by atoms with van der Waals surface area (Å²) in [6.07, 6.45) is 1.29. The smallest absolute Gasteiger partial charge is 0.234 e. The van der Waals surface area contributed by atoms with Crippen LogP contribution in [0.3, 0.4) is 0 Å². The van der Waals surface area contributed by atoms with E-state index in [2.05, 4.69) is 10.4 Å². The summed E-state index contributed by atoms with van der Waals surface area (Å²) < 4.78 is -1.72. The molecule has 0 aromatic carbocycles. The minimum absolute atomic E-state index is 0.0708. The molecular weight excluding hydrogens is 291 g/mol. The molecule has 0 bridgehead atoms. The van der Waals surface area contributed by atoms with Crippen LogP contribution in [0.2, 0.25) is 10.0 Å². The highest BCUT2D eigenvalue weighted by Gasteiger charge is 2.29. The maximum absolute atomic E-state index is 5.86. The topological polar surface area (TPSA) is 50.9 Å². The first-order valence-corrected chi connectivity index (χ1v) is 5.14. The lowest BCUT2D eigenvalue weighted by Crippen LogP contribution is -2.12. The van der Waals surface area contributed by atoms with E-state index >= 15 is 0 Å². The van der Waals surface area contributed by atoms with Crippen LogP contribution >= 0.6 is 58.0 Å². The van der Waals surface area contributed by atoms with Crippen LogP contribution in [-0.4, -0.2) is 4.98 Å². The molecule has 0 saturated carbocycles. The minimum Gasteiger partial charge on any atom is -0.321 e. The van der Waals surface area contributed by atoms with Gasteiger partial charge in [0.05, 0.1) is 15.7 Å². The first kappa shape index (κ1) is 12.4. The zero-order valence-electron chi connectivity index (χ0n) is 6.49. The molecule has 0 aliphatic heterocycles. The normalized spacial score (nSPS) is 11.6. The van der Waals surface area contributed by atoms with Crippen LogP contribution in [0.5, 0.6) is 0 Å². The van der Waals surface area contributed by atoms with Crippen molar-refractivity contribution in [1.82, 2.24) is 4.98 Å². The van der Waals surface area contributed by atoms with E-state index in [-0.39, 0.29) is 21.4 Å². The predicted molar refractivity (Wildman–Crippen MR) is 61.3 cm³/mol. The molecule has 0 radical (unpaired) electrons. The average molecular weight is 295 g/mol. The van der Waals surface area contributed by atoms with Crippen molar-refractivity contribution in [3.8, 4) is 0 Å². The highest BCUT2D eigenvalue weighted by atomic mass is 35.6. The van der Waals surface area contributed by atoms with Crippen molar-refractivity contribution in [2.24, 2.45) is 5.84 Å². The molecule has 78 valence electrons. The Morgan fingerprint density at radius 2 is 1.86 bits per heavy atom. The Balaban J connectivity index is 3.36. The highest BCUT2D eigenvalue weighted by molar-refractivity contribution is 6.67. The number of alkyl halides is 3. The molecule has 1 rings (SSSR count). The third-order valence-corrected chi connectivity index (χ3v) is 2.58. The molecule has 3 N–H and O–H groups in total. The van der Waals surface area contributed by atoms with Crippen molar-refractivity contribution in [3.05, 3.63) is 21.9 Å². The van der Waals surface area contributed by atoms with Crippen LogP contribution in [0, 0.1) is 0 Å². The van der Waals surface area contributed by atoms with E-state index in [1.807, 2.05) is 0 Å². The largest absolute Gasteiger partial charge is 0.321 e. The van der Waals surface area contributed by atoms with Crippen LogP contribution in [0.4, 0.5) is 5.69 Å². The standard InChI is InChI=1S/C6H4Cl5N3/c7-2-1-13-5(6(9,10)11)3(8)4(2)14-12/h1H,12H2,(H,13,14). The monoisotopic (exact) mass is 293 g/mol. The molecule has 3 nitrogen and oxygen atoms in total. The van der Waals surface area contributed by atoms with Gasteiger partial charge in [0.15, 0.2) is 0 Å². The lowest BCUT2D eigenvalue weighted by molar-refractivity contribution is 1.08. The van der Waals surface area contributed by atoms with Gasteiger partial charge in [-0.05, 0) is 0 Å². The molecule has 0 amide bonds. The van der Waals surface area contributed by atoms with Crippen molar-refractivity contribution in [2.45, 2.75) is 3.79 Å². The second-order valence-corrected chi connectivity index (χ2v) is 5.35. The molecule has 1 aromatic heterocycles. The summed E-state index contributed by atoms with van der Waals surface area (Å²) in [7, 11) is 0. The molecule has 0 spiro atoms. The molecule has 0 aliphatic carbocycles. The van der Waals surface area contributed by atoms with E-state index in [0.29, 0.717) is 0 Å². The second-order valence-electron chi connectivity index (χ2n) is 2.29. The van der Waals surface area contributed by atoms with E-state index in [9.17, 15) is 0 Å².